The van der Waals surface area contributed by atoms with Gasteiger partial charge in [0.1, 0.15) is 17.1 Å². The maximum atomic E-state index is 15.0. The highest BCUT2D eigenvalue weighted by Crippen LogP contribution is 2.40. The lowest BCUT2D eigenvalue weighted by atomic mass is 9.76. The highest BCUT2D eigenvalue weighted by molar-refractivity contribution is 5.82. The fourth-order valence-corrected chi connectivity index (χ4v) is 6.80. The molecule has 0 radical (unpaired) electrons. The number of nitrogens with zero attached hydrogens (tertiary/aromatic N) is 3. The van der Waals surface area contributed by atoms with Crippen LogP contribution in [0.2, 0.25) is 0 Å². The van der Waals surface area contributed by atoms with E-state index in [-0.39, 0.29) is 24.2 Å². The van der Waals surface area contributed by atoms with Crippen molar-refractivity contribution in [2.75, 3.05) is 7.11 Å². The second-order valence-corrected chi connectivity index (χ2v) is 13.4. The van der Waals surface area contributed by atoms with Crippen molar-refractivity contribution in [1.29, 1.82) is 0 Å². The minimum Gasteiger partial charge on any atom is -0.468 e. The lowest BCUT2D eigenvalue weighted by Gasteiger charge is -2.39. The standard InChI is InChI=1S/C42H46FN5O4/c1-51-40(50)41(26-16-27-41)44-30-33-25-24-32(29-37(33)43)38-31-48(47-45-38)28-15-4-2-3-14-23-39(49)46-52-42(34-17-8-5-9-18-34,35-19-10-6-11-20-35)36-21-12-7-13-22-36/h5-13,17-22,24-25,29,31,44H,2-4,14-16,23,26-28,30H2,1H3,(H,46,49). The molecule has 9 nitrogen and oxygen atoms in total. The van der Waals surface area contributed by atoms with Crippen LogP contribution in [0.15, 0.2) is 115 Å². The summed E-state index contributed by atoms with van der Waals surface area (Å²) in [5.74, 6) is -0.816. The van der Waals surface area contributed by atoms with Crippen LogP contribution < -0.4 is 10.8 Å². The van der Waals surface area contributed by atoms with Crippen LogP contribution in [0.3, 0.4) is 0 Å². The molecule has 1 aliphatic rings. The third-order valence-corrected chi connectivity index (χ3v) is 9.94. The molecule has 1 aliphatic carbocycles. The zero-order valence-corrected chi connectivity index (χ0v) is 29.6. The first kappa shape index (κ1) is 36.6. The number of unbranched alkanes of at least 4 members (excludes halogenated alkanes) is 4. The number of nitrogens with one attached hydrogen (secondary N) is 2. The Morgan fingerprint density at radius 2 is 1.42 bits per heavy atom. The number of hydrogen-bond acceptors (Lipinski definition) is 7. The van der Waals surface area contributed by atoms with Crippen LogP contribution in [-0.2, 0) is 37.9 Å². The van der Waals surface area contributed by atoms with Gasteiger partial charge < -0.3 is 4.74 Å². The van der Waals surface area contributed by atoms with Gasteiger partial charge >= 0.3 is 5.97 Å². The van der Waals surface area contributed by atoms with E-state index in [1.54, 1.807) is 10.7 Å². The molecule has 1 amide bonds. The SMILES string of the molecule is COC(=O)C1(NCc2ccc(-c3cn(CCCCCCCC(=O)NOC(c4ccccc4)(c4ccccc4)c4ccccc4)nn3)cc2F)CCC1. The van der Waals surface area contributed by atoms with Gasteiger partial charge in [-0.1, -0.05) is 128 Å². The maximum Gasteiger partial charge on any atom is 0.326 e. The summed E-state index contributed by atoms with van der Waals surface area (Å²) in [5, 5.41) is 11.7. The van der Waals surface area contributed by atoms with E-state index in [9.17, 15) is 14.0 Å². The van der Waals surface area contributed by atoms with Crippen molar-refractivity contribution in [2.24, 2.45) is 0 Å². The highest BCUT2D eigenvalue weighted by atomic mass is 19.1. The van der Waals surface area contributed by atoms with Crippen LogP contribution in [0.4, 0.5) is 4.39 Å². The molecule has 5 aromatic rings. The highest BCUT2D eigenvalue weighted by Gasteiger charge is 2.45. The first-order valence-corrected chi connectivity index (χ1v) is 18.1. The molecule has 0 aliphatic heterocycles. The number of esters is 1. The number of rotatable bonds is 18. The van der Waals surface area contributed by atoms with Crippen molar-refractivity contribution < 1.29 is 23.6 Å². The molecule has 10 heteroatoms. The molecule has 0 spiro atoms. The second-order valence-electron chi connectivity index (χ2n) is 13.4. The smallest absolute Gasteiger partial charge is 0.326 e. The Hall–Kier alpha value is -5.19. The Morgan fingerprint density at radius 1 is 0.827 bits per heavy atom. The summed E-state index contributed by atoms with van der Waals surface area (Å²) < 4.78 is 21.7. The zero-order valence-electron chi connectivity index (χ0n) is 29.6. The number of halogens is 1. The van der Waals surface area contributed by atoms with Crippen LogP contribution in [0.1, 0.15) is 80.0 Å². The molecule has 1 fully saturated rings. The second kappa shape index (κ2) is 17.4. The predicted molar refractivity (Wildman–Crippen MR) is 197 cm³/mol. The van der Waals surface area contributed by atoms with Crippen molar-refractivity contribution >= 4 is 11.9 Å². The summed E-state index contributed by atoms with van der Waals surface area (Å²) in [6.07, 6.45) is 9.05. The van der Waals surface area contributed by atoms with E-state index < -0.39 is 11.1 Å². The van der Waals surface area contributed by atoms with E-state index in [1.807, 2.05) is 103 Å². The summed E-state index contributed by atoms with van der Waals surface area (Å²) >= 11 is 0. The van der Waals surface area contributed by atoms with Gasteiger partial charge in [0, 0.05) is 30.6 Å². The van der Waals surface area contributed by atoms with Crippen LogP contribution in [-0.4, -0.2) is 39.5 Å². The number of benzene rings is 4. The van der Waals surface area contributed by atoms with Gasteiger partial charge in [-0.05, 0) is 54.9 Å². The Kier molecular flexibility index (Phi) is 12.2. The molecule has 0 atom stereocenters. The summed E-state index contributed by atoms with van der Waals surface area (Å²) in [6.45, 7) is 0.936. The topological polar surface area (TPSA) is 107 Å². The first-order valence-electron chi connectivity index (χ1n) is 18.1. The number of amides is 1. The van der Waals surface area contributed by atoms with Crippen molar-refractivity contribution in [1.82, 2.24) is 25.8 Å². The molecule has 2 N–H and O–H groups in total. The van der Waals surface area contributed by atoms with Crippen molar-refractivity contribution in [3.8, 4) is 11.3 Å². The Balaban J connectivity index is 0.939. The van der Waals surface area contributed by atoms with Gasteiger partial charge in [0.25, 0.3) is 0 Å². The molecule has 1 aromatic heterocycles. The van der Waals surface area contributed by atoms with E-state index in [0.29, 0.717) is 42.6 Å². The minimum absolute atomic E-state index is 0.161. The van der Waals surface area contributed by atoms with Crippen molar-refractivity contribution in [3.05, 3.63) is 143 Å². The number of hydroxylamine groups is 1. The summed E-state index contributed by atoms with van der Waals surface area (Å²) in [5.41, 5.74) is 5.55. The lowest BCUT2D eigenvalue weighted by Crippen LogP contribution is -2.57. The quantitative estimate of drug-likeness (QED) is 0.0418. The van der Waals surface area contributed by atoms with Gasteiger partial charge in [0.2, 0.25) is 5.91 Å². The van der Waals surface area contributed by atoms with Gasteiger partial charge in [0.15, 0.2) is 5.60 Å². The van der Waals surface area contributed by atoms with E-state index in [2.05, 4.69) is 21.1 Å². The van der Waals surface area contributed by atoms with Gasteiger partial charge in [-0.3, -0.25) is 24.4 Å². The average Bonchev–Trinajstić information content (AvgIpc) is 3.65. The molecule has 1 saturated carbocycles. The number of ether oxygens (including phenoxy) is 1. The fraction of sp³-hybridized carbons (Fsp3) is 0.333. The number of methoxy groups -OCH3 is 1. The third-order valence-electron chi connectivity index (χ3n) is 9.94. The molecule has 52 heavy (non-hydrogen) atoms. The van der Waals surface area contributed by atoms with Crippen molar-refractivity contribution in [3.63, 3.8) is 0 Å². The van der Waals surface area contributed by atoms with E-state index in [4.69, 9.17) is 9.57 Å². The van der Waals surface area contributed by atoms with E-state index >= 15 is 0 Å². The Bertz CT molecular complexity index is 1800. The zero-order chi connectivity index (χ0) is 36.2. The third kappa shape index (κ3) is 8.46. The van der Waals surface area contributed by atoms with Gasteiger partial charge in [0.05, 0.1) is 13.3 Å². The number of hydrogen-bond donors (Lipinski definition) is 2. The molecule has 1 heterocycles. The number of carbonyl (C=O) groups is 2. The molecule has 6 rings (SSSR count). The van der Waals surface area contributed by atoms with Crippen LogP contribution in [0, 0.1) is 5.82 Å². The molecule has 0 bridgehead atoms. The normalized spacial score (nSPS) is 13.7. The maximum absolute atomic E-state index is 15.0. The van der Waals surface area contributed by atoms with Crippen LogP contribution in [0.25, 0.3) is 11.3 Å². The average molecular weight is 704 g/mol. The Morgan fingerprint density at radius 3 is 1.98 bits per heavy atom. The Labute approximate surface area is 304 Å². The molecular weight excluding hydrogens is 657 g/mol. The minimum atomic E-state index is -1.01. The molecule has 270 valence electrons. The molecular formula is C42H46FN5O4. The molecule has 0 saturated heterocycles. The number of aromatic nitrogens is 3. The van der Waals surface area contributed by atoms with Crippen LogP contribution >= 0.6 is 0 Å². The van der Waals surface area contributed by atoms with Gasteiger partial charge in [-0.15, -0.1) is 5.10 Å². The summed E-state index contributed by atoms with van der Waals surface area (Å²) in [6, 6.07) is 34.9. The lowest BCUT2D eigenvalue weighted by molar-refractivity contribution is -0.152. The fourth-order valence-electron chi connectivity index (χ4n) is 6.80. The predicted octanol–water partition coefficient (Wildman–Crippen LogP) is 7.65. The summed E-state index contributed by atoms with van der Waals surface area (Å²) in [4.78, 5) is 31.6. The van der Waals surface area contributed by atoms with E-state index in [0.717, 1.165) is 55.2 Å². The van der Waals surface area contributed by atoms with Crippen LogP contribution in [0.5, 0.6) is 0 Å². The number of carbonyl (C=O) groups excluding carboxylic acids is 2. The summed E-state index contributed by atoms with van der Waals surface area (Å²) in [7, 11) is 1.38. The molecule has 4 aromatic carbocycles. The van der Waals surface area contributed by atoms with E-state index in [1.165, 1.54) is 13.2 Å². The number of aryl methyl sites for hydroxylation is 1. The molecule has 0 unspecified atom stereocenters. The van der Waals surface area contributed by atoms with Gasteiger partial charge in [-0.25, -0.2) is 9.87 Å². The first-order chi connectivity index (χ1) is 25.4. The largest absolute Gasteiger partial charge is 0.468 e. The van der Waals surface area contributed by atoms with Gasteiger partial charge in [-0.2, -0.15) is 0 Å². The van der Waals surface area contributed by atoms with Crippen molar-refractivity contribution in [2.45, 2.75) is 82.0 Å². The monoisotopic (exact) mass is 703 g/mol.